The Kier molecular flexibility index (Phi) is 4.55. The van der Waals surface area contributed by atoms with Crippen LogP contribution in [0.4, 0.5) is 13.2 Å². The van der Waals surface area contributed by atoms with Gasteiger partial charge in [0, 0.05) is 31.2 Å². The van der Waals surface area contributed by atoms with Crippen molar-refractivity contribution in [3.8, 4) is 0 Å². The van der Waals surface area contributed by atoms with Crippen molar-refractivity contribution in [3.63, 3.8) is 0 Å². The maximum absolute atomic E-state index is 13.3. The summed E-state index contributed by atoms with van der Waals surface area (Å²) < 4.78 is 46.3. The SMILES string of the molecule is COCCCn1nc(C)c2c(C(F)(F)F)cc(C(C)=O)cc21. The molecule has 7 heteroatoms. The zero-order chi connectivity index (χ0) is 16.5. The number of fused-ring (bicyclic) bond motifs is 1. The number of Topliss-reactive ketones (excluding diaryl/α,β-unsaturated/α-hetero) is 1. The zero-order valence-corrected chi connectivity index (χ0v) is 12.6. The summed E-state index contributed by atoms with van der Waals surface area (Å²) >= 11 is 0. The molecule has 2 rings (SSSR count). The molecular weight excluding hydrogens is 297 g/mol. The highest BCUT2D eigenvalue weighted by atomic mass is 19.4. The third kappa shape index (κ3) is 3.14. The van der Waals surface area contributed by atoms with Crippen molar-refractivity contribution >= 4 is 16.7 Å². The fourth-order valence-corrected chi connectivity index (χ4v) is 2.45. The average molecular weight is 314 g/mol. The van der Waals surface area contributed by atoms with Gasteiger partial charge in [-0.15, -0.1) is 0 Å². The predicted molar refractivity (Wildman–Crippen MR) is 76.0 cm³/mol. The van der Waals surface area contributed by atoms with E-state index in [0.717, 1.165) is 6.07 Å². The van der Waals surface area contributed by atoms with E-state index < -0.39 is 17.5 Å². The van der Waals surface area contributed by atoms with E-state index in [-0.39, 0.29) is 10.9 Å². The quantitative estimate of drug-likeness (QED) is 0.625. The number of alkyl halides is 3. The number of halogens is 3. The van der Waals surface area contributed by atoms with E-state index in [1.54, 1.807) is 7.11 Å². The van der Waals surface area contributed by atoms with Crippen LogP contribution in [0.1, 0.15) is 35.0 Å². The minimum atomic E-state index is -4.53. The molecule has 0 aliphatic carbocycles. The molecule has 0 aliphatic heterocycles. The van der Waals surface area contributed by atoms with Gasteiger partial charge in [-0.2, -0.15) is 18.3 Å². The largest absolute Gasteiger partial charge is 0.417 e. The molecule has 0 N–H and O–H groups in total. The smallest absolute Gasteiger partial charge is 0.385 e. The Hall–Kier alpha value is -1.89. The minimum Gasteiger partial charge on any atom is -0.385 e. The van der Waals surface area contributed by atoms with Crippen LogP contribution in [0.15, 0.2) is 12.1 Å². The van der Waals surface area contributed by atoms with Crippen LogP contribution in [-0.2, 0) is 17.5 Å². The number of ether oxygens (including phenoxy) is 1. The summed E-state index contributed by atoms with van der Waals surface area (Å²) in [5.41, 5.74) is -0.151. The van der Waals surface area contributed by atoms with E-state index in [1.165, 1.54) is 24.6 Å². The molecule has 0 saturated carbocycles. The standard InChI is InChI=1S/C15H17F3N2O2/c1-9-14-12(15(16,17)18)7-11(10(2)21)8-13(14)20(19-9)5-4-6-22-3/h7-8H,4-6H2,1-3H3. The predicted octanol–water partition coefficient (Wildman–Crippen LogP) is 3.60. The Morgan fingerprint density at radius 2 is 2.05 bits per heavy atom. The van der Waals surface area contributed by atoms with Crippen molar-refractivity contribution in [2.24, 2.45) is 0 Å². The van der Waals surface area contributed by atoms with E-state index in [1.807, 2.05) is 0 Å². The normalized spacial score (nSPS) is 12.1. The number of methoxy groups -OCH3 is 1. The first-order valence-electron chi connectivity index (χ1n) is 6.84. The van der Waals surface area contributed by atoms with Gasteiger partial charge in [0.25, 0.3) is 0 Å². The number of hydrogen-bond acceptors (Lipinski definition) is 3. The summed E-state index contributed by atoms with van der Waals surface area (Å²) in [5, 5.41) is 4.24. The van der Waals surface area contributed by atoms with Crippen molar-refractivity contribution in [1.29, 1.82) is 0 Å². The number of hydrogen-bond donors (Lipinski definition) is 0. The Balaban J connectivity index is 2.66. The summed E-state index contributed by atoms with van der Waals surface area (Å²) in [6, 6.07) is 2.37. The van der Waals surface area contributed by atoms with Gasteiger partial charge >= 0.3 is 6.18 Å². The van der Waals surface area contributed by atoms with Gasteiger partial charge in [-0.3, -0.25) is 9.48 Å². The van der Waals surface area contributed by atoms with Gasteiger partial charge in [0.2, 0.25) is 0 Å². The number of aromatic nitrogens is 2. The molecule has 1 heterocycles. The maximum Gasteiger partial charge on any atom is 0.417 e. The molecule has 1 aromatic heterocycles. The third-order valence-electron chi connectivity index (χ3n) is 3.46. The number of ketones is 1. The average Bonchev–Trinajstić information content (AvgIpc) is 2.74. The highest BCUT2D eigenvalue weighted by Gasteiger charge is 2.35. The molecular formula is C15H17F3N2O2. The molecule has 0 radical (unpaired) electrons. The first-order valence-corrected chi connectivity index (χ1v) is 6.84. The van der Waals surface area contributed by atoms with Gasteiger partial charge in [-0.1, -0.05) is 0 Å². The molecule has 2 aromatic rings. The van der Waals surface area contributed by atoms with Gasteiger partial charge in [0.1, 0.15) is 0 Å². The van der Waals surface area contributed by atoms with Crippen LogP contribution < -0.4 is 0 Å². The van der Waals surface area contributed by atoms with Gasteiger partial charge < -0.3 is 4.74 Å². The van der Waals surface area contributed by atoms with E-state index in [2.05, 4.69) is 5.10 Å². The molecule has 0 bridgehead atoms. The van der Waals surface area contributed by atoms with Crippen LogP contribution in [0.5, 0.6) is 0 Å². The molecule has 0 aliphatic rings. The van der Waals surface area contributed by atoms with Gasteiger partial charge in [0.15, 0.2) is 5.78 Å². The van der Waals surface area contributed by atoms with Crippen molar-refractivity contribution in [2.75, 3.05) is 13.7 Å². The lowest BCUT2D eigenvalue weighted by Gasteiger charge is -2.11. The fourth-order valence-electron chi connectivity index (χ4n) is 2.45. The monoisotopic (exact) mass is 314 g/mol. The highest BCUT2D eigenvalue weighted by molar-refractivity contribution is 5.99. The number of benzene rings is 1. The van der Waals surface area contributed by atoms with Crippen LogP contribution in [-0.4, -0.2) is 29.3 Å². The lowest BCUT2D eigenvalue weighted by Crippen LogP contribution is -2.09. The number of nitrogens with zero attached hydrogens (tertiary/aromatic N) is 2. The molecule has 0 saturated heterocycles. The van der Waals surface area contributed by atoms with Crippen LogP contribution in [0.2, 0.25) is 0 Å². The van der Waals surface area contributed by atoms with Crippen molar-refractivity contribution in [1.82, 2.24) is 9.78 Å². The van der Waals surface area contributed by atoms with Crippen molar-refractivity contribution in [2.45, 2.75) is 33.0 Å². The molecule has 0 amide bonds. The van der Waals surface area contributed by atoms with Crippen LogP contribution >= 0.6 is 0 Å². The summed E-state index contributed by atoms with van der Waals surface area (Å²) in [5.74, 6) is -0.408. The van der Waals surface area contributed by atoms with Crippen LogP contribution in [0.25, 0.3) is 10.9 Å². The molecule has 120 valence electrons. The summed E-state index contributed by atoms with van der Waals surface area (Å²) in [4.78, 5) is 11.5. The summed E-state index contributed by atoms with van der Waals surface area (Å²) in [6.45, 7) is 3.70. The number of rotatable bonds is 5. The first-order chi connectivity index (χ1) is 10.3. The number of aryl methyl sites for hydroxylation is 2. The number of carbonyl (C=O) groups is 1. The molecule has 0 atom stereocenters. The van der Waals surface area contributed by atoms with Crippen molar-refractivity contribution < 1.29 is 22.7 Å². The van der Waals surface area contributed by atoms with E-state index >= 15 is 0 Å². The Bertz CT molecular complexity index is 705. The minimum absolute atomic E-state index is 0.0349. The fraction of sp³-hybridized carbons (Fsp3) is 0.467. The van der Waals surface area contributed by atoms with E-state index in [9.17, 15) is 18.0 Å². The van der Waals surface area contributed by atoms with Crippen LogP contribution in [0.3, 0.4) is 0 Å². The summed E-state index contributed by atoms with van der Waals surface area (Å²) in [7, 11) is 1.56. The maximum atomic E-state index is 13.3. The highest BCUT2D eigenvalue weighted by Crippen LogP contribution is 2.37. The van der Waals surface area contributed by atoms with Crippen molar-refractivity contribution in [3.05, 3.63) is 29.0 Å². The first kappa shape index (κ1) is 16.5. The second-order valence-corrected chi connectivity index (χ2v) is 5.13. The molecule has 0 unspecified atom stereocenters. The van der Waals surface area contributed by atoms with Gasteiger partial charge in [0.05, 0.1) is 16.8 Å². The second-order valence-electron chi connectivity index (χ2n) is 5.13. The molecule has 1 aromatic carbocycles. The topological polar surface area (TPSA) is 44.1 Å². The number of carbonyl (C=O) groups excluding carboxylic acids is 1. The Labute approximate surface area is 125 Å². The Morgan fingerprint density at radius 1 is 1.36 bits per heavy atom. The van der Waals surface area contributed by atoms with Crippen LogP contribution in [0, 0.1) is 6.92 Å². The zero-order valence-electron chi connectivity index (χ0n) is 12.6. The molecule has 0 fully saturated rings. The van der Waals surface area contributed by atoms with E-state index in [4.69, 9.17) is 4.74 Å². The molecule has 0 spiro atoms. The molecule has 22 heavy (non-hydrogen) atoms. The second kappa shape index (κ2) is 6.08. The van der Waals surface area contributed by atoms with E-state index in [0.29, 0.717) is 30.8 Å². The lowest BCUT2D eigenvalue weighted by molar-refractivity contribution is -0.136. The molecule has 4 nitrogen and oxygen atoms in total. The third-order valence-corrected chi connectivity index (χ3v) is 3.46. The van der Waals surface area contributed by atoms with Gasteiger partial charge in [-0.25, -0.2) is 0 Å². The summed E-state index contributed by atoms with van der Waals surface area (Å²) in [6.07, 6.45) is -3.91. The van der Waals surface area contributed by atoms with Gasteiger partial charge in [-0.05, 0) is 32.4 Å². The Morgan fingerprint density at radius 3 is 2.59 bits per heavy atom. The lowest BCUT2D eigenvalue weighted by atomic mass is 10.0.